The van der Waals surface area contributed by atoms with Gasteiger partial charge in [-0.05, 0) is 144 Å². The fraction of sp³-hybridized carbons (Fsp3) is 0.0649. The molecule has 0 radical (unpaired) electrons. The van der Waals surface area contributed by atoms with Crippen molar-refractivity contribution in [1.82, 2.24) is 4.57 Å². The summed E-state index contributed by atoms with van der Waals surface area (Å²) in [7, 11) is 0. The molecule has 0 N–H and O–H groups in total. The summed E-state index contributed by atoms with van der Waals surface area (Å²) in [6.07, 6.45) is 0. The van der Waals surface area contributed by atoms with Crippen molar-refractivity contribution in [2.24, 2.45) is 0 Å². The van der Waals surface area contributed by atoms with E-state index in [1.165, 1.54) is 131 Å². The van der Waals surface area contributed by atoms with E-state index in [9.17, 15) is 0 Å². The lowest BCUT2D eigenvalue weighted by Gasteiger charge is -2.39. The van der Waals surface area contributed by atoms with Gasteiger partial charge in [-0.3, -0.25) is 0 Å². The summed E-state index contributed by atoms with van der Waals surface area (Å²) in [5.74, 6) is -0.149. The van der Waals surface area contributed by atoms with Crippen molar-refractivity contribution in [3.63, 3.8) is 0 Å². The molecule has 1 atom stereocenters. The lowest BCUT2D eigenvalue weighted by atomic mass is 9.32. The fourth-order valence-electron chi connectivity index (χ4n) is 13.5. The van der Waals surface area contributed by atoms with Gasteiger partial charge in [0, 0.05) is 42.9 Å². The molecule has 0 spiro atoms. The first-order valence-electron chi connectivity index (χ1n) is 28.3. The standard InChI is InChI=1S/C77H54BNOS/c1-77(2,3)57-33-28-51(29-34-57)56-44-64-73(75-59(52-24-14-7-15-25-52)37-40-70-74(75)61-26-16-17-27-69(61)80-70)60-36-30-55(50-22-12-6-13-23-50)45-65(60)78-66-47-58(35-41-71(66)81-72(46-56)76(64)78)79-67-38-31-53(48-18-8-4-9-19-48)42-62(67)63-43-54(32-39-68(63)79)49-20-10-5-11-21-49/h4-47,73H,1-3H3. The highest BCUT2D eigenvalue weighted by molar-refractivity contribution is 8.00. The van der Waals surface area contributed by atoms with E-state index in [-0.39, 0.29) is 18.0 Å². The lowest BCUT2D eigenvalue weighted by molar-refractivity contribution is 0.590. The minimum Gasteiger partial charge on any atom is -0.456 e. The third-order valence-electron chi connectivity index (χ3n) is 17.4. The van der Waals surface area contributed by atoms with E-state index in [1.54, 1.807) is 0 Å². The molecular weight excluding hydrogens is 998 g/mol. The van der Waals surface area contributed by atoms with Crippen molar-refractivity contribution in [1.29, 1.82) is 0 Å². The Kier molecular flexibility index (Phi) is 11.0. The minimum atomic E-state index is -0.149. The highest BCUT2D eigenvalue weighted by Crippen LogP contribution is 2.49. The van der Waals surface area contributed by atoms with Crippen molar-refractivity contribution < 1.29 is 4.42 Å². The first kappa shape index (κ1) is 47.6. The monoisotopic (exact) mass is 1050 g/mol. The molecule has 0 saturated carbocycles. The van der Waals surface area contributed by atoms with E-state index >= 15 is 0 Å². The molecule has 2 aliphatic rings. The summed E-state index contributed by atoms with van der Waals surface area (Å²) in [6.45, 7) is 6.82. The third kappa shape index (κ3) is 7.80. The van der Waals surface area contributed by atoms with E-state index in [0.717, 1.165) is 22.2 Å². The highest BCUT2D eigenvalue weighted by Gasteiger charge is 2.44. The normalized spacial score (nSPS) is 13.7. The summed E-state index contributed by atoms with van der Waals surface area (Å²) in [4.78, 5) is 2.58. The van der Waals surface area contributed by atoms with Crippen molar-refractivity contribution in [3.05, 3.63) is 289 Å². The lowest BCUT2D eigenvalue weighted by Crippen LogP contribution is -2.60. The number of hydrogen-bond acceptors (Lipinski definition) is 2. The van der Waals surface area contributed by atoms with Crippen molar-refractivity contribution in [3.8, 4) is 61.3 Å². The Morgan fingerprint density at radius 3 is 1.58 bits per heavy atom. The summed E-state index contributed by atoms with van der Waals surface area (Å²) in [5, 5.41) is 4.78. The van der Waals surface area contributed by atoms with Crippen LogP contribution in [0, 0.1) is 0 Å². The van der Waals surface area contributed by atoms with Gasteiger partial charge < -0.3 is 8.98 Å². The van der Waals surface area contributed by atoms with Crippen molar-refractivity contribution in [2.75, 3.05) is 0 Å². The average molecular weight is 1050 g/mol. The van der Waals surface area contributed by atoms with Crippen LogP contribution in [-0.2, 0) is 5.41 Å². The topological polar surface area (TPSA) is 18.1 Å². The zero-order valence-corrected chi connectivity index (χ0v) is 46.1. The second-order valence-corrected chi connectivity index (χ2v) is 24.2. The van der Waals surface area contributed by atoms with Crippen LogP contribution in [0.25, 0.3) is 105 Å². The minimum absolute atomic E-state index is 0.0365. The molecule has 382 valence electrons. The number of rotatable bonds is 7. The van der Waals surface area contributed by atoms with Gasteiger partial charge in [-0.25, -0.2) is 0 Å². The maximum Gasteiger partial charge on any atom is 0.245 e. The van der Waals surface area contributed by atoms with Crippen LogP contribution in [0.4, 0.5) is 0 Å². The van der Waals surface area contributed by atoms with Gasteiger partial charge in [-0.15, -0.1) is 0 Å². The summed E-state index contributed by atoms with van der Waals surface area (Å²) < 4.78 is 9.36. The number of furan rings is 1. The zero-order chi connectivity index (χ0) is 53.9. The van der Waals surface area contributed by atoms with E-state index in [0.29, 0.717) is 0 Å². The predicted molar refractivity (Wildman–Crippen MR) is 343 cm³/mol. The summed E-state index contributed by atoms with van der Waals surface area (Å²) >= 11 is 1.93. The molecule has 0 saturated heterocycles. The number of fused-ring (bicyclic) bond motifs is 10. The van der Waals surface area contributed by atoms with Gasteiger partial charge in [0.2, 0.25) is 6.71 Å². The van der Waals surface area contributed by atoms with Gasteiger partial charge in [0.25, 0.3) is 0 Å². The Balaban J connectivity index is 0.979. The molecule has 12 aromatic carbocycles. The average Bonchev–Trinajstić information content (AvgIpc) is 2.74. The predicted octanol–water partition coefficient (Wildman–Crippen LogP) is 18.8. The quantitative estimate of drug-likeness (QED) is 0.148. The van der Waals surface area contributed by atoms with Crippen molar-refractivity contribution in [2.45, 2.75) is 41.9 Å². The maximum atomic E-state index is 6.84. The Bertz CT molecular complexity index is 4710. The number of aromatic nitrogens is 1. The van der Waals surface area contributed by atoms with Crippen LogP contribution >= 0.6 is 11.8 Å². The third-order valence-corrected chi connectivity index (χ3v) is 18.5. The van der Waals surface area contributed by atoms with Gasteiger partial charge in [0.1, 0.15) is 11.2 Å². The van der Waals surface area contributed by atoms with E-state index in [2.05, 4.69) is 292 Å². The molecular formula is C77H54BNOS. The van der Waals surface area contributed by atoms with Crippen LogP contribution in [0.5, 0.6) is 0 Å². The van der Waals surface area contributed by atoms with Gasteiger partial charge in [-0.1, -0.05) is 255 Å². The first-order valence-corrected chi connectivity index (χ1v) is 29.1. The SMILES string of the molecule is CC(C)(C)c1ccc(-c2cc3c4c(c2)C(c2c(-c5ccccc5)ccc5oc6ccccc6c25)c2ccc(-c5ccccc5)cc2B4c2cc(-n4c5ccc(-c6ccccc6)cc5c5cc(-c6ccccc6)ccc54)ccc2S3)cc1. The number of para-hydroxylation sites is 1. The number of nitrogens with zero attached hydrogens (tertiary/aromatic N) is 1. The second-order valence-electron chi connectivity index (χ2n) is 23.1. The van der Waals surface area contributed by atoms with Crippen LogP contribution in [0.1, 0.15) is 48.9 Å². The fourth-order valence-corrected chi connectivity index (χ4v) is 14.7. The molecule has 0 fully saturated rings. The molecule has 2 nitrogen and oxygen atoms in total. The number of hydrogen-bond donors (Lipinski definition) is 0. The molecule has 14 aromatic rings. The van der Waals surface area contributed by atoms with Crippen LogP contribution in [0.2, 0.25) is 0 Å². The second kappa shape index (κ2) is 18.6. The van der Waals surface area contributed by atoms with Crippen molar-refractivity contribution >= 4 is 78.6 Å². The molecule has 81 heavy (non-hydrogen) atoms. The Labute approximate surface area is 477 Å². The van der Waals surface area contributed by atoms with Crippen LogP contribution in [0.15, 0.2) is 281 Å². The molecule has 1 unspecified atom stereocenters. The summed E-state index contributed by atoms with van der Waals surface area (Å²) in [5.41, 5.74) is 26.8. The van der Waals surface area contributed by atoms with Gasteiger partial charge >= 0.3 is 0 Å². The highest BCUT2D eigenvalue weighted by atomic mass is 32.2. The Morgan fingerprint density at radius 2 is 0.951 bits per heavy atom. The molecule has 2 aromatic heterocycles. The Hall–Kier alpha value is -9.35. The molecule has 4 heteroatoms. The maximum absolute atomic E-state index is 6.84. The van der Waals surface area contributed by atoms with Crippen LogP contribution in [-0.4, -0.2) is 11.3 Å². The molecule has 16 rings (SSSR count). The largest absolute Gasteiger partial charge is 0.456 e. The zero-order valence-electron chi connectivity index (χ0n) is 45.3. The van der Waals surface area contributed by atoms with Gasteiger partial charge in [0.15, 0.2) is 0 Å². The van der Waals surface area contributed by atoms with Crippen LogP contribution < -0.4 is 16.4 Å². The molecule has 0 aliphatic carbocycles. The Morgan fingerprint density at radius 1 is 0.395 bits per heavy atom. The molecule has 0 bridgehead atoms. The number of benzene rings is 12. The molecule has 4 heterocycles. The van der Waals surface area contributed by atoms with E-state index < -0.39 is 0 Å². The molecule has 2 aliphatic heterocycles. The van der Waals surface area contributed by atoms with E-state index in [4.69, 9.17) is 4.42 Å². The van der Waals surface area contributed by atoms with E-state index in [1.807, 2.05) is 11.8 Å². The van der Waals surface area contributed by atoms with Gasteiger partial charge in [-0.2, -0.15) is 0 Å². The molecule has 0 amide bonds. The first-order chi connectivity index (χ1) is 39.8. The van der Waals surface area contributed by atoms with Crippen LogP contribution in [0.3, 0.4) is 0 Å². The smallest absolute Gasteiger partial charge is 0.245 e. The van der Waals surface area contributed by atoms with Gasteiger partial charge in [0.05, 0.1) is 11.0 Å². The summed E-state index contributed by atoms with van der Waals surface area (Å²) in [6, 6.07) is 99.8.